The lowest BCUT2D eigenvalue weighted by molar-refractivity contribution is 0.156. The molecule has 0 bridgehead atoms. The third kappa shape index (κ3) is 3.71. The smallest absolute Gasteiger partial charge is 0.193 e. The zero-order valence-corrected chi connectivity index (χ0v) is 13.6. The molecule has 0 aromatic carbocycles. The number of nitrogens with zero attached hydrogens (tertiary/aromatic N) is 2. The van der Waals surface area contributed by atoms with Gasteiger partial charge in [-0.25, -0.2) is 0 Å². The summed E-state index contributed by atoms with van der Waals surface area (Å²) in [6.07, 6.45) is 9.49. The maximum Gasteiger partial charge on any atom is 0.193 e. The summed E-state index contributed by atoms with van der Waals surface area (Å²) >= 11 is 0. The molecule has 2 saturated heterocycles. The quantitative estimate of drug-likeness (QED) is 0.639. The number of ether oxygens (including phenoxy) is 1. The molecular formula is C17H31N3O. The third-order valence-electron chi connectivity index (χ3n) is 5.53. The Balaban J connectivity index is 1.53. The number of aliphatic imine (C=N–C) groups is 1. The molecule has 1 unspecified atom stereocenters. The summed E-state index contributed by atoms with van der Waals surface area (Å²) in [6, 6.07) is 0. The Morgan fingerprint density at radius 3 is 2.90 bits per heavy atom. The van der Waals surface area contributed by atoms with Crippen molar-refractivity contribution >= 4 is 5.96 Å². The van der Waals surface area contributed by atoms with Gasteiger partial charge in [0.05, 0.1) is 6.61 Å². The highest BCUT2D eigenvalue weighted by molar-refractivity contribution is 5.80. The van der Waals surface area contributed by atoms with Crippen molar-refractivity contribution in [3.05, 3.63) is 0 Å². The lowest BCUT2D eigenvalue weighted by Crippen LogP contribution is -2.41. The van der Waals surface area contributed by atoms with Gasteiger partial charge in [0.25, 0.3) is 0 Å². The van der Waals surface area contributed by atoms with Gasteiger partial charge in [-0.2, -0.15) is 0 Å². The van der Waals surface area contributed by atoms with Gasteiger partial charge in [0.1, 0.15) is 0 Å². The number of nitrogens with one attached hydrogen (secondary N) is 1. The second-order valence-electron chi connectivity index (χ2n) is 7.15. The monoisotopic (exact) mass is 293 g/mol. The molecule has 1 atom stereocenters. The Morgan fingerprint density at radius 2 is 2.19 bits per heavy atom. The fourth-order valence-corrected chi connectivity index (χ4v) is 4.17. The normalized spacial score (nSPS) is 30.7. The van der Waals surface area contributed by atoms with Crippen LogP contribution in [0.25, 0.3) is 0 Å². The largest absolute Gasteiger partial charge is 0.381 e. The molecule has 0 aromatic rings. The van der Waals surface area contributed by atoms with E-state index in [9.17, 15) is 0 Å². The van der Waals surface area contributed by atoms with Gasteiger partial charge in [0.2, 0.25) is 0 Å². The van der Waals surface area contributed by atoms with Crippen LogP contribution >= 0.6 is 0 Å². The maximum atomic E-state index is 5.63. The number of likely N-dealkylation sites (tertiary alicyclic amines) is 1. The van der Waals surface area contributed by atoms with Gasteiger partial charge < -0.3 is 15.0 Å². The Labute approximate surface area is 129 Å². The summed E-state index contributed by atoms with van der Waals surface area (Å²) in [7, 11) is 0. The molecule has 120 valence electrons. The van der Waals surface area contributed by atoms with E-state index >= 15 is 0 Å². The zero-order chi connectivity index (χ0) is 14.5. The van der Waals surface area contributed by atoms with Gasteiger partial charge in [-0.1, -0.05) is 25.7 Å². The number of guanidine groups is 1. The summed E-state index contributed by atoms with van der Waals surface area (Å²) in [4.78, 5) is 7.37. The van der Waals surface area contributed by atoms with E-state index in [0.29, 0.717) is 5.41 Å². The summed E-state index contributed by atoms with van der Waals surface area (Å²) in [5.41, 5.74) is 0.418. The minimum absolute atomic E-state index is 0.418. The standard InChI is InChI=1S/C17H31N3O/c1-2-18-16(19-10-7-15-5-3-4-6-15)20-11-8-17(13-20)9-12-21-14-17/h15H,2-14H2,1H3,(H,18,19). The molecule has 4 heteroatoms. The van der Waals surface area contributed by atoms with Gasteiger partial charge in [-0.05, 0) is 32.1 Å². The number of hydrogen-bond donors (Lipinski definition) is 1. The van der Waals surface area contributed by atoms with Crippen LogP contribution in [0, 0.1) is 11.3 Å². The molecule has 0 radical (unpaired) electrons. The van der Waals surface area contributed by atoms with E-state index in [1.807, 2.05) is 0 Å². The Bertz CT molecular complexity index is 357. The molecule has 1 aliphatic carbocycles. The van der Waals surface area contributed by atoms with E-state index in [4.69, 9.17) is 9.73 Å². The molecular weight excluding hydrogens is 262 g/mol. The molecule has 3 aliphatic rings. The van der Waals surface area contributed by atoms with Crippen LogP contribution in [-0.2, 0) is 4.74 Å². The molecule has 3 fully saturated rings. The van der Waals surface area contributed by atoms with Crippen LogP contribution in [0.5, 0.6) is 0 Å². The first-order valence-corrected chi connectivity index (χ1v) is 8.92. The van der Waals surface area contributed by atoms with E-state index in [2.05, 4.69) is 17.1 Å². The zero-order valence-electron chi connectivity index (χ0n) is 13.6. The second-order valence-corrected chi connectivity index (χ2v) is 7.15. The Hall–Kier alpha value is -0.770. The molecule has 1 spiro atoms. The second kappa shape index (κ2) is 6.99. The maximum absolute atomic E-state index is 5.63. The van der Waals surface area contributed by atoms with Crippen molar-refractivity contribution in [1.82, 2.24) is 10.2 Å². The van der Waals surface area contributed by atoms with Crippen LogP contribution in [-0.4, -0.2) is 50.3 Å². The summed E-state index contributed by atoms with van der Waals surface area (Å²) in [5.74, 6) is 2.07. The van der Waals surface area contributed by atoms with Gasteiger partial charge in [0.15, 0.2) is 5.96 Å². The molecule has 0 amide bonds. The fourth-order valence-electron chi connectivity index (χ4n) is 4.17. The van der Waals surface area contributed by atoms with E-state index < -0.39 is 0 Å². The minimum atomic E-state index is 0.418. The molecule has 0 aromatic heterocycles. The number of rotatable bonds is 4. The molecule has 21 heavy (non-hydrogen) atoms. The van der Waals surface area contributed by atoms with E-state index in [-0.39, 0.29) is 0 Å². The predicted octanol–water partition coefficient (Wildman–Crippen LogP) is 2.64. The van der Waals surface area contributed by atoms with Crippen molar-refractivity contribution in [2.24, 2.45) is 16.3 Å². The lowest BCUT2D eigenvalue weighted by atomic mass is 9.87. The molecule has 3 rings (SSSR count). The van der Waals surface area contributed by atoms with Gasteiger partial charge in [-0.3, -0.25) is 4.99 Å². The molecule has 2 heterocycles. The van der Waals surface area contributed by atoms with Gasteiger partial charge >= 0.3 is 0 Å². The molecule has 4 nitrogen and oxygen atoms in total. The lowest BCUT2D eigenvalue weighted by Gasteiger charge is -2.25. The summed E-state index contributed by atoms with van der Waals surface area (Å²) in [6.45, 7) is 8.28. The van der Waals surface area contributed by atoms with Gasteiger partial charge in [0, 0.05) is 38.2 Å². The van der Waals surface area contributed by atoms with Crippen LogP contribution in [0.4, 0.5) is 0 Å². The Kier molecular flexibility index (Phi) is 5.04. The van der Waals surface area contributed by atoms with E-state index in [1.54, 1.807) is 0 Å². The van der Waals surface area contributed by atoms with Crippen molar-refractivity contribution in [2.75, 3.05) is 39.4 Å². The Morgan fingerprint density at radius 1 is 1.33 bits per heavy atom. The van der Waals surface area contributed by atoms with Crippen LogP contribution in [0.15, 0.2) is 4.99 Å². The van der Waals surface area contributed by atoms with Crippen molar-refractivity contribution in [1.29, 1.82) is 0 Å². The molecule has 1 saturated carbocycles. The summed E-state index contributed by atoms with van der Waals surface area (Å²) < 4.78 is 5.63. The predicted molar refractivity (Wildman–Crippen MR) is 86.6 cm³/mol. The molecule has 1 N–H and O–H groups in total. The van der Waals surface area contributed by atoms with Crippen LogP contribution < -0.4 is 5.32 Å². The highest BCUT2D eigenvalue weighted by atomic mass is 16.5. The van der Waals surface area contributed by atoms with Gasteiger partial charge in [-0.15, -0.1) is 0 Å². The average molecular weight is 293 g/mol. The first-order chi connectivity index (χ1) is 10.3. The van der Waals surface area contributed by atoms with Crippen LogP contribution in [0.2, 0.25) is 0 Å². The third-order valence-corrected chi connectivity index (χ3v) is 5.53. The van der Waals surface area contributed by atoms with Crippen molar-refractivity contribution in [2.45, 2.75) is 51.9 Å². The average Bonchev–Trinajstić information content (AvgIpc) is 3.22. The van der Waals surface area contributed by atoms with Crippen LogP contribution in [0.3, 0.4) is 0 Å². The summed E-state index contributed by atoms with van der Waals surface area (Å²) in [5, 5.41) is 3.49. The topological polar surface area (TPSA) is 36.9 Å². The van der Waals surface area contributed by atoms with Crippen molar-refractivity contribution < 1.29 is 4.74 Å². The fraction of sp³-hybridized carbons (Fsp3) is 0.941. The highest BCUT2D eigenvalue weighted by Crippen LogP contribution is 2.38. The SMILES string of the molecule is CCNC(=NCCC1CCCC1)N1CCC2(CCOC2)C1. The first kappa shape index (κ1) is 15.1. The van der Waals surface area contributed by atoms with Crippen LogP contribution in [0.1, 0.15) is 51.9 Å². The van der Waals surface area contributed by atoms with E-state index in [1.165, 1.54) is 44.9 Å². The number of hydrogen-bond acceptors (Lipinski definition) is 2. The molecule has 2 aliphatic heterocycles. The first-order valence-electron chi connectivity index (χ1n) is 8.92. The minimum Gasteiger partial charge on any atom is -0.381 e. The van der Waals surface area contributed by atoms with Crippen molar-refractivity contribution in [3.63, 3.8) is 0 Å². The van der Waals surface area contributed by atoms with E-state index in [0.717, 1.165) is 51.3 Å². The highest BCUT2D eigenvalue weighted by Gasteiger charge is 2.42. The van der Waals surface area contributed by atoms with Crippen molar-refractivity contribution in [3.8, 4) is 0 Å².